The summed E-state index contributed by atoms with van der Waals surface area (Å²) in [7, 11) is 0. The van der Waals surface area contributed by atoms with Crippen molar-refractivity contribution in [2.45, 2.75) is 31.7 Å². The molecular formula is C9H15N3O. The van der Waals surface area contributed by atoms with Crippen LogP contribution in [0.25, 0.3) is 0 Å². The Bertz CT molecular complexity index is 201. The number of nitrogens with one attached hydrogen (secondary N) is 2. The van der Waals surface area contributed by atoms with Crippen molar-refractivity contribution in [3.8, 4) is 6.07 Å². The quantitative estimate of drug-likeness (QED) is 0.596. The third-order valence-electron chi connectivity index (χ3n) is 2.22. The number of carbonyl (C=O) groups is 1. The standard InChI is InChI=1S/C9H15N3O/c10-5-7-12-9(13)8-4-2-1-3-6-11-8/h8,11H,1-4,6-7H2,(H,12,13). The summed E-state index contributed by atoms with van der Waals surface area (Å²) in [5, 5.41) is 14.0. The molecule has 0 aromatic rings. The van der Waals surface area contributed by atoms with Crippen LogP contribution in [0.3, 0.4) is 0 Å². The van der Waals surface area contributed by atoms with E-state index in [0.717, 1.165) is 25.8 Å². The molecule has 0 spiro atoms. The Labute approximate surface area is 78.3 Å². The lowest BCUT2D eigenvalue weighted by atomic mass is 10.1. The van der Waals surface area contributed by atoms with E-state index in [1.165, 1.54) is 6.42 Å². The zero-order chi connectivity index (χ0) is 9.52. The van der Waals surface area contributed by atoms with E-state index in [2.05, 4.69) is 10.6 Å². The van der Waals surface area contributed by atoms with Crippen LogP contribution in [0, 0.1) is 11.3 Å². The van der Waals surface area contributed by atoms with Gasteiger partial charge >= 0.3 is 0 Å². The van der Waals surface area contributed by atoms with Crippen molar-refractivity contribution in [2.75, 3.05) is 13.1 Å². The van der Waals surface area contributed by atoms with E-state index in [-0.39, 0.29) is 18.5 Å². The molecule has 1 amide bonds. The summed E-state index contributed by atoms with van der Waals surface area (Å²) in [6.07, 6.45) is 4.31. The minimum absolute atomic E-state index is 0.0385. The zero-order valence-electron chi connectivity index (χ0n) is 7.68. The fourth-order valence-corrected chi connectivity index (χ4v) is 1.50. The number of carbonyl (C=O) groups excluding carboxylic acids is 1. The van der Waals surface area contributed by atoms with Gasteiger partial charge in [-0.05, 0) is 19.4 Å². The number of hydrogen-bond donors (Lipinski definition) is 2. The average Bonchev–Trinajstić information content (AvgIpc) is 2.42. The lowest BCUT2D eigenvalue weighted by Gasteiger charge is -2.13. The summed E-state index contributed by atoms with van der Waals surface area (Å²) < 4.78 is 0. The van der Waals surface area contributed by atoms with Crippen LogP contribution in [0.4, 0.5) is 0 Å². The molecule has 0 aromatic carbocycles. The second-order valence-electron chi connectivity index (χ2n) is 3.23. The van der Waals surface area contributed by atoms with Gasteiger partial charge in [-0.2, -0.15) is 5.26 Å². The van der Waals surface area contributed by atoms with Gasteiger partial charge < -0.3 is 10.6 Å². The third-order valence-corrected chi connectivity index (χ3v) is 2.22. The molecule has 2 N–H and O–H groups in total. The summed E-state index contributed by atoms with van der Waals surface area (Å²) in [4.78, 5) is 11.4. The summed E-state index contributed by atoms with van der Waals surface area (Å²) in [6.45, 7) is 1.02. The Morgan fingerprint density at radius 1 is 1.54 bits per heavy atom. The van der Waals surface area contributed by atoms with Gasteiger partial charge in [0.2, 0.25) is 5.91 Å². The van der Waals surface area contributed by atoms with Gasteiger partial charge in [-0.25, -0.2) is 0 Å². The van der Waals surface area contributed by atoms with Crippen LogP contribution in [0.1, 0.15) is 25.7 Å². The van der Waals surface area contributed by atoms with Crippen molar-refractivity contribution >= 4 is 5.91 Å². The minimum Gasteiger partial charge on any atom is -0.342 e. The first-order chi connectivity index (χ1) is 6.34. The molecule has 0 radical (unpaired) electrons. The van der Waals surface area contributed by atoms with Crippen molar-refractivity contribution in [2.24, 2.45) is 0 Å². The summed E-state index contributed by atoms with van der Waals surface area (Å²) in [5.41, 5.74) is 0. The molecule has 1 atom stereocenters. The van der Waals surface area contributed by atoms with E-state index in [0.29, 0.717) is 0 Å². The molecule has 0 bridgehead atoms. The Hall–Kier alpha value is -1.08. The maximum atomic E-state index is 11.4. The van der Waals surface area contributed by atoms with Gasteiger partial charge in [0.1, 0.15) is 6.54 Å². The van der Waals surface area contributed by atoms with Gasteiger partial charge in [0, 0.05) is 0 Å². The van der Waals surface area contributed by atoms with E-state index in [9.17, 15) is 4.79 Å². The van der Waals surface area contributed by atoms with Crippen molar-refractivity contribution < 1.29 is 4.79 Å². The average molecular weight is 181 g/mol. The van der Waals surface area contributed by atoms with Gasteiger partial charge in [0.05, 0.1) is 12.1 Å². The fraction of sp³-hybridized carbons (Fsp3) is 0.778. The molecule has 4 nitrogen and oxygen atoms in total. The maximum Gasteiger partial charge on any atom is 0.237 e. The normalized spacial score (nSPS) is 22.8. The van der Waals surface area contributed by atoms with Crippen LogP contribution in [-0.2, 0) is 4.79 Å². The smallest absolute Gasteiger partial charge is 0.237 e. The van der Waals surface area contributed by atoms with Gasteiger partial charge in [-0.15, -0.1) is 0 Å². The number of rotatable bonds is 2. The Morgan fingerprint density at radius 2 is 2.38 bits per heavy atom. The van der Waals surface area contributed by atoms with Crippen molar-refractivity contribution in [1.29, 1.82) is 5.26 Å². The monoisotopic (exact) mass is 181 g/mol. The lowest BCUT2D eigenvalue weighted by Crippen LogP contribution is -2.43. The maximum absolute atomic E-state index is 11.4. The molecule has 0 aromatic heterocycles. The summed E-state index contributed by atoms with van der Waals surface area (Å²) >= 11 is 0. The van der Waals surface area contributed by atoms with Gasteiger partial charge in [0.15, 0.2) is 0 Å². The molecule has 1 rings (SSSR count). The van der Waals surface area contributed by atoms with E-state index in [1.807, 2.05) is 6.07 Å². The molecular weight excluding hydrogens is 166 g/mol. The van der Waals surface area contributed by atoms with Crippen LogP contribution in [-0.4, -0.2) is 25.0 Å². The second kappa shape index (κ2) is 5.55. The van der Waals surface area contributed by atoms with Crippen LogP contribution < -0.4 is 10.6 Å². The number of nitriles is 1. The highest BCUT2D eigenvalue weighted by atomic mass is 16.2. The highest BCUT2D eigenvalue weighted by molar-refractivity contribution is 5.81. The van der Waals surface area contributed by atoms with E-state index < -0.39 is 0 Å². The fourth-order valence-electron chi connectivity index (χ4n) is 1.50. The number of hydrogen-bond acceptors (Lipinski definition) is 3. The summed E-state index contributed by atoms with van der Waals surface area (Å²) in [6, 6.07) is 1.81. The Balaban J connectivity index is 2.31. The Kier molecular flexibility index (Phi) is 4.27. The molecule has 1 aliphatic rings. The molecule has 13 heavy (non-hydrogen) atoms. The van der Waals surface area contributed by atoms with E-state index >= 15 is 0 Å². The van der Waals surface area contributed by atoms with Crippen LogP contribution in [0.2, 0.25) is 0 Å². The van der Waals surface area contributed by atoms with Gasteiger partial charge in [-0.3, -0.25) is 4.79 Å². The van der Waals surface area contributed by atoms with Crippen LogP contribution >= 0.6 is 0 Å². The third kappa shape index (κ3) is 3.43. The topological polar surface area (TPSA) is 64.9 Å². The highest BCUT2D eigenvalue weighted by Gasteiger charge is 2.18. The largest absolute Gasteiger partial charge is 0.342 e. The Morgan fingerprint density at radius 3 is 3.15 bits per heavy atom. The van der Waals surface area contributed by atoms with Crippen molar-refractivity contribution in [1.82, 2.24) is 10.6 Å². The molecule has 1 aliphatic heterocycles. The molecule has 1 saturated heterocycles. The van der Waals surface area contributed by atoms with Crippen LogP contribution in [0.15, 0.2) is 0 Å². The first kappa shape index (κ1) is 10.0. The molecule has 4 heteroatoms. The molecule has 1 heterocycles. The predicted molar refractivity (Wildman–Crippen MR) is 48.9 cm³/mol. The van der Waals surface area contributed by atoms with E-state index in [4.69, 9.17) is 5.26 Å². The molecule has 0 aliphatic carbocycles. The predicted octanol–water partition coefficient (Wildman–Crippen LogP) is 0.158. The first-order valence-electron chi connectivity index (χ1n) is 4.72. The highest BCUT2D eigenvalue weighted by Crippen LogP contribution is 2.07. The minimum atomic E-state index is -0.0872. The van der Waals surface area contributed by atoms with Crippen molar-refractivity contribution in [3.05, 3.63) is 0 Å². The first-order valence-corrected chi connectivity index (χ1v) is 4.72. The SMILES string of the molecule is N#CCNC(=O)C1CCCCCN1. The van der Waals surface area contributed by atoms with Crippen molar-refractivity contribution in [3.63, 3.8) is 0 Å². The zero-order valence-corrected chi connectivity index (χ0v) is 7.68. The number of amides is 1. The van der Waals surface area contributed by atoms with E-state index in [1.54, 1.807) is 0 Å². The number of nitrogens with zero attached hydrogens (tertiary/aromatic N) is 1. The molecule has 72 valence electrons. The van der Waals surface area contributed by atoms with Crippen LogP contribution in [0.5, 0.6) is 0 Å². The van der Waals surface area contributed by atoms with Gasteiger partial charge in [-0.1, -0.05) is 12.8 Å². The molecule has 1 fully saturated rings. The molecule has 1 unspecified atom stereocenters. The molecule has 0 saturated carbocycles. The van der Waals surface area contributed by atoms with Gasteiger partial charge in [0.25, 0.3) is 0 Å². The lowest BCUT2D eigenvalue weighted by molar-refractivity contribution is -0.123. The summed E-state index contributed by atoms with van der Waals surface area (Å²) in [5.74, 6) is -0.0385. The second-order valence-corrected chi connectivity index (χ2v) is 3.23.